The second kappa shape index (κ2) is 8.05. The molecule has 3 heterocycles. The molecule has 1 aromatic heterocycles. The summed E-state index contributed by atoms with van der Waals surface area (Å²) in [5.74, 6) is 1.35. The predicted molar refractivity (Wildman–Crippen MR) is 102 cm³/mol. The monoisotopic (exact) mass is 355 g/mol. The van der Waals surface area contributed by atoms with Crippen molar-refractivity contribution in [2.24, 2.45) is 5.92 Å². The average Bonchev–Trinajstić information content (AvgIpc) is 2.67. The lowest BCUT2D eigenvalue weighted by Gasteiger charge is -2.43. The zero-order chi connectivity index (χ0) is 18.7. The molecule has 2 aliphatic rings. The number of piperidine rings is 1. The van der Waals surface area contributed by atoms with Crippen LogP contribution in [0, 0.1) is 17.2 Å². The van der Waals surface area contributed by atoms with Crippen LogP contribution in [-0.4, -0.2) is 65.5 Å². The van der Waals surface area contributed by atoms with Crippen molar-refractivity contribution in [2.45, 2.75) is 45.7 Å². The Bertz CT molecular complexity index is 658. The van der Waals surface area contributed by atoms with E-state index in [1.807, 2.05) is 6.07 Å². The fourth-order valence-electron chi connectivity index (χ4n) is 4.19. The van der Waals surface area contributed by atoms with Gasteiger partial charge in [0, 0.05) is 56.9 Å². The number of hydrogen-bond donors (Lipinski definition) is 0. The molecule has 0 unspecified atom stereocenters. The lowest BCUT2D eigenvalue weighted by molar-refractivity contribution is -0.139. The molecule has 0 N–H and O–H groups in total. The van der Waals surface area contributed by atoms with Crippen LogP contribution in [0.1, 0.15) is 39.2 Å². The summed E-state index contributed by atoms with van der Waals surface area (Å²) in [5, 5.41) is 8.88. The van der Waals surface area contributed by atoms with Crippen LogP contribution in [0.15, 0.2) is 18.3 Å². The molecule has 2 fully saturated rings. The van der Waals surface area contributed by atoms with Gasteiger partial charge in [-0.05, 0) is 45.7 Å². The molecule has 0 spiro atoms. The van der Waals surface area contributed by atoms with Gasteiger partial charge in [0.15, 0.2) is 0 Å². The van der Waals surface area contributed by atoms with Crippen molar-refractivity contribution in [3.05, 3.63) is 23.9 Å². The number of rotatable bonds is 3. The molecule has 0 radical (unpaired) electrons. The fraction of sp³-hybridized carbons (Fsp3) is 0.650. The molecule has 140 valence electrons. The van der Waals surface area contributed by atoms with E-state index in [1.54, 1.807) is 12.3 Å². The second-order valence-electron chi connectivity index (χ2n) is 7.74. The van der Waals surface area contributed by atoms with Crippen molar-refractivity contribution >= 4 is 11.7 Å². The van der Waals surface area contributed by atoms with E-state index in [-0.39, 0.29) is 5.92 Å². The summed E-state index contributed by atoms with van der Waals surface area (Å²) in [4.78, 5) is 24.1. The normalized spacial score (nSPS) is 22.5. The number of hydrogen-bond acceptors (Lipinski definition) is 5. The summed E-state index contributed by atoms with van der Waals surface area (Å²) < 4.78 is 0. The van der Waals surface area contributed by atoms with E-state index in [0.717, 1.165) is 51.4 Å². The zero-order valence-electron chi connectivity index (χ0n) is 16.1. The third-order valence-electron chi connectivity index (χ3n) is 5.70. The van der Waals surface area contributed by atoms with Crippen LogP contribution in [0.4, 0.5) is 5.82 Å². The molecule has 26 heavy (non-hydrogen) atoms. The zero-order valence-corrected chi connectivity index (χ0v) is 16.1. The molecule has 2 saturated heterocycles. The number of pyridine rings is 1. The molecule has 0 saturated carbocycles. The summed E-state index contributed by atoms with van der Waals surface area (Å²) in [7, 11) is 0. The first-order chi connectivity index (χ1) is 12.5. The van der Waals surface area contributed by atoms with Gasteiger partial charge in [-0.2, -0.15) is 5.26 Å². The van der Waals surface area contributed by atoms with E-state index in [2.05, 4.69) is 46.5 Å². The predicted octanol–water partition coefficient (Wildman–Crippen LogP) is 2.11. The number of carbonyl (C=O) groups is 1. The molecule has 3 rings (SSSR count). The van der Waals surface area contributed by atoms with Crippen molar-refractivity contribution in [2.75, 3.05) is 37.6 Å². The van der Waals surface area contributed by atoms with Gasteiger partial charge in [0.05, 0.1) is 5.56 Å². The van der Waals surface area contributed by atoms with Gasteiger partial charge >= 0.3 is 0 Å². The van der Waals surface area contributed by atoms with Crippen LogP contribution >= 0.6 is 0 Å². The molecule has 0 aromatic carbocycles. The van der Waals surface area contributed by atoms with E-state index in [9.17, 15) is 4.79 Å². The van der Waals surface area contributed by atoms with Crippen molar-refractivity contribution < 1.29 is 4.79 Å². The second-order valence-corrected chi connectivity index (χ2v) is 7.74. The Kier molecular flexibility index (Phi) is 5.77. The molecule has 2 aliphatic heterocycles. The Balaban J connectivity index is 1.53. The van der Waals surface area contributed by atoms with Crippen LogP contribution in [0.2, 0.25) is 0 Å². The molecule has 1 aromatic rings. The van der Waals surface area contributed by atoms with Gasteiger partial charge in [-0.1, -0.05) is 0 Å². The van der Waals surface area contributed by atoms with Gasteiger partial charge in [0.1, 0.15) is 11.9 Å². The number of nitrogens with zero attached hydrogens (tertiary/aromatic N) is 5. The Hall–Kier alpha value is -2.13. The van der Waals surface area contributed by atoms with Gasteiger partial charge in [0.25, 0.3) is 0 Å². The van der Waals surface area contributed by atoms with Gasteiger partial charge in [-0.25, -0.2) is 4.98 Å². The van der Waals surface area contributed by atoms with Crippen LogP contribution < -0.4 is 4.90 Å². The first-order valence-corrected chi connectivity index (χ1v) is 9.65. The quantitative estimate of drug-likeness (QED) is 0.831. The van der Waals surface area contributed by atoms with E-state index in [4.69, 9.17) is 5.26 Å². The Morgan fingerprint density at radius 2 is 1.96 bits per heavy atom. The topological polar surface area (TPSA) is 63.5 Å². The summed E-state index contributed by atoms with van der Waals surface area (Å²) in [6.07, 6.45) is 3.36. The standard InChI is InChI=1S/C20H29N5O/c1-15(2)25-11-10-24(14-16(25)3)20(26)18-6-8-23(9-7-18)19-5-4-17(12-21)13-22-19/h4-5,13,15-16,18H,6-11,14H2,1-3H3/t16-/m0/s1. The Morgan fingerprint density at radius 3 is 2.50 bits per heavy atom. The minimum absolute atomic E-state index is 0.127. The Labute approximate surface area is 156 Å². The first kappa shape index (κ1) is 18.7. The van der Waals surface area contributed by atoms with Crippen LogP contribution in [0.3, 0.4) is 0 Å². The molecule has 6 nitrogen and oxygen atoms in total. The van der Waals surface area contributed by atoms with E-state index in [0.29, 0.717) is 23.6 Å². The van der Waals surface area contributed by atoms with Gasteiger partial charge in [-0.15, -0.1) is 0 Å². The Morgan fingerprint density at radius 1 is 1.23 bits per heavy atom. The van der Waals surface area contributed by atoms with Gasteiger partial charge < -0.3 is 9.80 Å². The number of carbonyl (C=O) groups excluding carboxylic acids is 1. The molecule has 0 aliphatic carbocycles. The van der Waals surface area contributed by atoms with E-state index >= 15 is 0 Å². The van der Waals surface area contributed by atoms with Gasteiger partial charge in [0.2, 0.25) is 5.91 Å². The highest BCUT2D eigenvalue weighted by atomic mass is 16.2. The number of nitriles is 1. The summed E-state index contributed by atoms with van der Waals surface area (Å²) in [5.41, 5.74) is 0.577. The SMILES string of the molecule is CC(C)N1CCN(C(=O)C2CCN(c3ccc(C#N)cn3)CC2)C[C@@H]1C. The van der Waals surface area contributed by atoms with E-state index in [1.165, 1.54) is 0 Å². The molecule has 1 atom stereocenters. The maximum atomic E-state index is 12.9. The lowest BCUT2D eigenvalue weighted by Crippen LogP contribution is -2.57. The number of anilines is 1. The third-order valence-corrected chi connectivity index (χ3v) is 5.70. The summed E-state index contributed by atoms with van der Waals surface area (Å²) in [6, 6.07) is 6.75. The minimum atomic E-state index is 0.127. The molecular weight excluding hydrogens is 326 g/mol. The molecule has 6 heteroatoms. The van der Waals surface area contributed by atoms with Crippen molar-refractivity contribution in [1.29, 1.82) is 5.26 Å². The third kappa shape index (κ3) is 3.99. The maximum Gasteiger partial charge on any atom is 0.225 e. The van der Waals surface area contributed by atoms with Crippen molar-refractivity contribution in [3.8, 4) is 6.07 Å². The fourth-order valence-corrected chi connectivity index (χ4v) is 4.19. The highest BCUT2D eigenvalue weighted by molar-refractivity contribution is 5.79. The lowest BCUT2D eigenvalue weighted by atomic mass is 9.94. The molecular formula is C20H29N5O. The number of piperazine rings is 1. The minimum Gasteiger partial charge on any atom is -0.357 e. The molecule has 0 bridgehead atoms. The molecule has 1 amide bonds. The summed E-state index contributed by atoms with van der Waals surface area (Å²) in [6.45, 7) is 11.0. The number of aromatic nitrogens is 1. The first-order valence-electron chi connectivity index (χ1n) is 9.65. The van der Waals surface area contributed by atoms with Crippen molar-refractivity contribution in [1.82, 2.24) is 14.8 Å². The van der Waals surface area contributed by atoms with Crippen LogP contribution in [0.25, 0.3) is 0 Å². The smallest absolute Gasteiger partial charge is 0.225 e. The highest BCUT2D eigenvalue weighted by Crippen LogP contribution is 2.25. The van der Waals surface area contributed by atoms with Crippen LogP contribution in [0.5, 0.6) is 0 Å². The van der Waals surface area contributed by atoms with Crippen LogP contribution in [-0.2, 0) is 4.79 Å². The average molecular weight is 355 g/mol. The number of amides is 1. The summed E-state index contributed by atoms with van der Waals surface area (Å²) >= 11 is 0. The maximum absolute atomic E-state index is 12.9. The van der Waals surface area contributed by atoms with Crippen molar-refractivity contribution in [3.63, 3.8) is 0 Å². The van der Waals surface area contributed by atoms with E-state index < -0.39 is 0 Å². The highest BCUT2D eigenvalue weighted by Gasteiger charge is 2.33. The largest absolute Gasteiger partial charge is 0.357 e. The van der Waals surface area contributed by atoms with Gasteiger partial charge in [-0.3, -0.25) is 9.69 Å².